The molecule has 4 heteroatoms. The summed E-state index contributed by atoms with van der Waals surface area (Å²) in [4.78, 5) is 31.3. The van der Waals surface area contributed by atoms with Gasteiger partial charge in [-0.3, -0.25) is 14.5 Å². The van der Waals surface area contributed by atoms with E-state index in [1.54, 1.807) is 4.90 Å². The van der Waals surface area contributed by atoms with Gasteiger partial charge in [0, 0.05) is 18.3 Å². The average molecular weight is 417 g/mol. The van der Waals surface area contributed by atoms with E-state index < -0.39 is 0 Å². The smallest absolute Gasteiger partial charge is 0.278 e. The maximum atomic E-state index is 13.9. The fraction of sp³-hybridized carbons (Fsp3) is 0.407. The minimum absolute atomic E-state index is 0.00441. The predicted octanol–water partition coefficient (Wildman–Crippen LogP) is 5.63. The van der Waals surface area contributed by atoms with Crippen molar-refractivity contribution in [2.24, 2.45) is 0 Å². The Morgan fingerprint density at radius 1 is 0.903 bits per heavy atom. The summed E-state index contributed by atoms with van der Waals surface area (Å²) < 4.78 is 0. The molecule has 1 aliphatic heterocycles. The van der Waals surface area contributed by atoms with Crippen LogP contribution in [0.5, 0.6) is 0 Å². The van der Waals surface area contributed by atoms with Gasteiger partial charge in [0.1, 0.15) is 5.70 Å². The fourth-order valence-electron chi connectivity index (χ4n) is 5.05. The molecule has 1 saturated carbocycles. The van der Waals surface area contributed by atoms with Crippen molar-refractivity contribution in [1.29, 1.82) is 0 Å². The molecule has 162 valence electrons. The van der Waals surface area contributed by atoms with Gasteiger partial charge in [-0.05, 0) is 56.9 Å². The Balaban J connectivity index is 1.86. The van der Waals surface area contributed by atoms with Crippen LogP contribution < -0.4 is 4.90 Å². The van der Waals surface area contributed by atoms with Gasteiger partial charge in [0.15, 0.2) is 0 Å². The first-order chi connectivity index (χ1) is 15.0. The minimum atomic E-state index is -0.141. The molecule has 0 aromatic heterocycles. The zero-order chi connectivity index (χ0) is 22.0. The molecule has 0 N–H and O–H groups in total. The molecular weight excluding hydrogens is 384 g/mol. The first-order valence-electron chi connectivity index (χ1n) is 11.5. The average Bonchev–Trinajstić information content (AvgIpc) is 2.94. The highest BCUT2D eigenvalue weighted by molar-refractivity contribution is 6.37. The lowest BCUT2D eigenvalue weighted by Crippen LogP contribution is -2.42. The lowest BCUT2D eigenvalue weighted by atomic mass is 9.97. The van der Waals surface area contributed by atoms with E-state index in [-0.39, 0.29) is 17.9 Å². The number of para-hydroxylation sites is 1. The molecule has 1 aliphatic carbocycles. The van der Waals surface area contributed by atoms with Crippen molar-refractivity contribution in [3.8, 4) is 0 Å². The van der Waals surface area contributed by atoms with Gasteiger partial charge in [0.05, 0.1) is 5.57 Å². The molecule has 0 atom stereocenters. The van der Waals surface area contributed by atoms with Crippen molar-refractivity contribution in [3.63, 3.8) is 0 Å². The number of hydrogen-bond donors (Lipinski definition) is 0. The molecule has 1 fully saturated rings. The molecule has 2 aromatic rings. The second-order valence-electron chi connectivity index (χ2n) is 8.75. The van der Waals surface area contributed by atoms with E-state index in [9.17, 15) is 9.59 Å². The number of aryl methyl sites for hydroxylation is 2. The maximum absolute atomic E-state index is 13.9. The quantitative estimate of drug-likeness (QED) is 0.468. The Kier molecular flexibility index (Phi) is 6.26. The van der Waals surface area contributed by atoms with Crippen LogP contribution in [0.2, 0.25) is 0 Å². The molecule has 2 aromatic carbocycles. The van der Waals surface area contributed by atoms with Gasteiger partial charge < -0.3 is 4.90 Å². The number of nitrogens with zero attached hydrogens (tertiary/aromatic N) is 2. The van der Waals surface area contributed by atoms with Gasteiger partial charge in [0.25, 0.3) is 11.8 Å². The molecule has 0 spiro atoms. The van der Waals surface area contributed by atoms with Gasteiger partial charge in [-0.15, -0.1) is 0 Å². The number of hydrogen-bond acceptors (Lipinski definition) is 3. The highest BCUT2D eigenvalue weighted by Gasteiger charge is 2.45. The number of likely N-dealkylation sites (N-methyl/N-ethyl adjacent to an activating group) is 1. The molecular formula is C27H32N2O2. The predicted molar refractivity (Wildman–Crippen MR) is 126 cm³/mol. The summed E-state index contributed by atoms with van der Waals surface area (Å²) in [6.07, 6.45) is 6.33. The van der Waals surface area contributed by atoms with Crippen LogP contribution in [0.15, 0.2) is 54.2 Å². The standard InChI is InChI=1S/C27H32N2O2/c1-4-28(21-12-10-7-11-13-21)25-24(23-17-16-19(2)18-20(23)3)26(30)29(27(25)31)22-14-8-5-6-9-15-22/h7,10-13,16-18,22H,4-6,8-9,14-15H2,1-3H3. The summed E-state index contributed by atoms with van der Waals surface area (Å²) in [6.45, 7) is 6.72. The van der Waals surface area contributed by atoms with Crippen molar-refractivity contribution in [2.75, 3.05) is 11.4 Å². The highest BCUT2D eigenvalue weighted by atomic mass is 16.2. The maximum Gasteiger partial charge on any atom is 0.278 e. The van der Waals surface area contributed by atoms with E-state index in [2.05, 4.69) is 6.07 Å². The SMILES string of the molecule is CCN(C1=C(c2ccc(C)cc2C)C(=O)N(C2CCCCCC2)C1=O)c1ccccc1. The van der Waals surface area contributed by atoms with Gasteiger partial charge in [-0.1, -0.05) is 67.6 Å². The van der Waals surface area contributed by atoms with Crippen LogP contribution in [-0.4, -0.2) is 29.3 Å². The molecule has 0 bridgehead atoms. The molecule has 0 unspecified atom stereocenters. The van der Waals surface area contributed by atoms with Crippen LogP contribution in [0.4, 0.5) is 5.69 Å². The van der Waals surface area contributed by atoms with Crippen molar-refractivity contribution < 1.29 is 9.59 Å². The Morgan fingerprint density at radius 2 is 1.58 bits per heavy atom. The second-order valence-corrected chi connectivity index (χ2v) is 8.75. The molecule has 2 aliphatic rings. The van der Waals surface area contributed by atoms with E-state index in [1.165, 1.54) is 12.8 Å². The van der Waals surface area contributed by atoms with E-state index >= 15 is 0 Å². The molecule has 0 saturated heterocycles. The molecule has 0 radical (unpaired) electrons. The van der Waals surface area contributed by atoms with Crippen molar-refractivity contribution in [3.05, 3.63) is 70.9 Å². The molecule has 1 heterocycles. The summed E-state index contributed by atoms with van der Waals surface area (Å²) in [5.74, 6) is -0.272. The monoisotopic (exact) mass is 416 g/mol. The van der Waals surface area contributed by atoms with E-state index in [1.807, 2.05) is 68.1 Å². The van der Waals surface area contributed by atoms with E-state index in [0.29, 0.717) is 17.8 Å². The highest BCUT2D eigenvalue weighted by Crippen LogP contribution is 2.38. The summed E-state index contributed by atoms with van der Waals surface area (Å²) in [5.41, 5.74) is 5.06. The zero-order valence-corrected chi connectivity index (χ0v) is 18.9. The number of imide groups is 1. The molecule has 31 heavy (non-hydrogen) atoms. The second kappa shape index (κ2) is 9.09. The Morgan fingerprint density at radius 3 is 2.19 bits per heavy atom. The summed E-state index contributed by atoms with van der Waals surface area (Å²) in [6, 6.07) is 16.0. The molecule has 4 rings (SSSR count). The molecule has 2 amide bonds. The lowest BCUT2D eigenvalue weighted by Gasteiger charge is -2.28. The third-order valence-electron chi connectivity index (χ3n) is 6.59. The van der Waals surface area contributed by atoms with Crippen LogP contribution in [0, 0.1) is 13.8 Å². The normalized spacial score (nSPS) is 18.0. The minimum Gasteiger partial charge on any atom is -0.337 e. The van der Waals surface area contributed by atoms with Crippen molar-refractivity contribution >= 4 is 23.1 Å². The zero-order valence-electron chi connectivity index (χ0n) is 18.9. The van der Waals surface area contributed by atoms with Crippen LogP contribution in [-0.2, 0) is 9.59 Å². The number of carbonyl (C=O) groups is 2. The van der Waals surface area contributed by atoms with Crippen molar-refractivity contribution in [1.82, 2.24) is 4.90 Å². The lowest BCUT2D eigenvalue weighted by molar-refractivity contribution is -0.139. The van der Waals surface area contributed by atoms with Crippen LogP contribution >= 0.6 is 0 Å². The number of rotatable bonds is 5. The molecule has 4 nitrogen and oxygen atoms in total. The van der Waals surface area contributed by atoms with Gasteiger partial charge in [-0.2, -0.15) is 0 Å². The van der Waals surface area contributed by atoms with Crippen molar-refractivity contribution in [2.45, 2.75) is 65.3 Å². The summed E-state index contributed by atoms with van der Waals surface area (Å²) >= 11 is 0. The van der Waals surface area contributed by atoms with Crippen LogP contribution in [0.25, 0.3) is 5.57 Å². The fourth-order valence-corrected chi connectivity index (χ4v) is 5.05. The van der Waals surface area contributed by atoms with Crippen LogP contribution in [0.3, 0.4) is 0 Å². The van der Waals surface area contributed by atoms with Crippen LogP contribution in [0.1, 0.15) is 62.1 Å². The first-order valence-corrected chi connectivity index (χ1v) is 11.5. The summed E-state index contributed by atoms with van der Waals surface area (Å²) in [7, 11) is 0. The Bertz CT molecular complexity index is 1000. The Hall–Kier alpha value is -2.88. The number of anilines is 1. The van der Waals surface area contributed by atoms with Gasteiger partial charge in [0.2, 0.25) is 0 Å². The van der Waals surface area contributed by atoms with E-state index in [4.69, 9.17) is 0 Å². The Labute approximate surface area is 185 Å². The summed E-state index contributed by atoms with van der Waals surface area (Å²) in [5, 5.41) is 0. The topological polar surface area (TPSA) is 40.6 Å². The third-order valence-corrected chi connectivity index (χ3v) is 6.59. The first kappa shape index (κ1) is 21.4. The van der Waals surface area contributed by atoms with E-state index in [0.717, 1.165) is 48.1 Å². The number of benzene rings is 2. The van der Waals surface area contributed by atoms with Gasteiger partial charge >= 0.3 is 0 Å². The largest absolute Gasteiger partial charge is 0.337 e. The third kappa shape index (κ3) is 4.04. The number of amides is 2. The van der Waals surface area contributed by atoms with Gasteiger partial charge in [-0.25, -0.2) is 0 Å². The number of carbonyl (C=O) groups excluding carboxylic acids is 2.